The zero-order valence-corrected chi connectivity index (χ0v) is 17.4. The van der Waals surface area contributed by atoms with Crippen molar-refractivity contribution in [1.29, 1.82) is 0 Å². The molecule has 1 saturated heterocycles. The van der Waals surface area contributed by atoms with Gasteiger partial charge in [0.25, 0.3) is 0 Å². The maximum Gasteiger partial charge on any atom is 0.243 e. The van der Waals surface area contributed by atoms with E-state index < -0.39 is 25.9 Å². The fraction of sp³-hybridized carbons (Fsp3) is 0.368. The molecule has 0 saturated carbocycles. The van der Waals surface area contributed by atoms with Gasteiger partial charge in [-0.25, -0.2) is 16.8 Å². The van der Waals surface area contributed by atoms with Crippen molar-refractivity contribution in [3.05, 3.63) is 54.1 Å². The van der Waals surface area contributed by atoms with E-state index in [0.717, 1.165) is 5.56 Å². The number of hydrogen-bond acceptors (Lipinski definition) is 6. The van der Waals surface area contributed by atoms with Crippen LogP contribution >= 0.6 is 0 Å². The number of benzene rings is 2. The first-order valence-electron chi connectivity index (χ1n) is 8.74. The molecule has 2 aromatic rings. The van der Waals surface area contributed by atoms with Crippen molar-refractivity contribution < 1.29 is 26.3 Å². The van der Waals surface area contributed by atoms with Gasteiger partial charge in [0, 0.05) is 12.6 Å². The van der Waals surface area contributed by atoms with E-state index in [2.05, 4.69) is 0 Å². The number of sulfone groups is 1. The van der Waals surface area contributed by atoms with Crippen LogP contribution in [0, 0.1) is 0 Å². The average Bonchev–Trinajstić information content (AvgIpc) is 3.05. The van der Waals surface area contributed by atoms with Crippen molar-refractivity contribution in [2.24, 2.45) is 0 Å². The molecule has 9 heteroatoms. The van der Waals surface area contributed by atoms with E-state index >= 15 is 0 Å². The summed E-state index contributed by atoms with van der Waals surface area (Å²) in [5, 5.41) is 0. The lowest BCUT2D eigenvalue weighted by Crippen LogP contribution is -2.40. The van der Waals surface area contributed by atoms with Gasteiger partial charge < -0.3 is 9.47 Å². The lowest BCUT2D eigenvalue weighted by atomic mass is 10.2. The van der Waals surface area contributed by atoms with E-state index in [1.54, 1.807) is 36.4 Å². The summed E-state index contributed by atoms with van der Waals surface area (Å²) in [5.74, 6) is 0.969. The summed E-state index contributed by atoms with van der Waals surface area (Å²) in [6.07, 6.45) is 0.279. The fourth-order valence-corrected chi connectivity index (χ4v) is 6.71. The van der Waals surface area contributed by atoms with Crippen LogP contribution in [0.3, 0.4) is 0 Å². The fourth-order valence-electron chi connectivity index (χ4n) is 3.25. The Kier molecular flexibility index (Phi) is 5.97. The van der Waals surface area contributed by atoms with Gasteiger partial charge in [-0.3, -0.25) is 0 Å². The normalized spacial score (nSPS) is 18.9. The van der Waals surface area contributed by atoms with Crippen LogP contribution in [0.2, 0.25) is 0 Å². The van der Waals surface area contributed by atoms with Crippen LogP contribution in [-0.4, -0.2) is 52.9 Å². The van der Waals surface area contributed by atoms with E-state index in [-0.39, 0.29) is 29.4 Å². The van der Waals surface area contributed by atoms with Crippen molar-refractivity contribution in [1.82, 2.24) is 4.31 Å². The molecule has 0 spiro atoms. The van der Waals surface area contributed by atoms with Crippen LogP contribution in [0.25, 0.3) is 0 Å². The summed E-state index contributed by atoms with van der Waals surface area (Å²) in [5.41, 5.74) is 0.723. The Labute approximate surface area is 165 Å². The Morgan fingerprint density at radius 2 is 1.71 bits per heavy atom. The summed E-state index contributed by atoms with van der Waals surface area (Å²) in [6.45, 7) is 0.0613. The molecule has 152 valence electrons. The van der Waals surface area contributed by atoms with Crippen LogP contribution in [0.15, 0.2) is 53.4 Å². The smallest absolute Gasteiger partial charge is 0.243 e. The van der Waals surface area contributed by atoms with Crippen LogP contribution in [0.4, 0.5) is 0 Å². The molecule has 0 N–H and O–H groups in total. The molecular formula is C19H23NO6S2. The molecule has 0 amide bonds. The van der Waals surface area contributed by atoms with Crippen LogP contribution < -0.4 is 9.47 Å². The molecule has 7 nitrogen and oxygen atoms in total. The summed E-state index contributed by atoms with van der Waals surface area (Å²) < 4.78 is 62.3. The van der Waals surface area contributed by atoms with Crippen LogP contribution in [0.1, 0.15) is 12.0 Å². The molecule has 1 heterocycles. The molecule has 0 aromatic heterocycles. The number of methoxy groups -OCH3 is 2. The van der Waals surface area contributed by atoms with Crippen molar-refractivity contribution in [2.45, 2.75) is 23.9 Å². The number of nitrogens with zero attached hydrogens (tertiary/aromatic N) is 1. The molecule has 0 bridgehead atoms. The van der Waals surface area contributed by atoms with Gasteiger partial charge in [-0.15, -0.1) is 0 Å². The molecule has 1 fully saturated rings. The maximum absolute atomic E-state index is 13.3. The highest BCUT2D eigenvalue weighted by atomic mass is 32.2. The molecule has 0 aliphatic carbocycles. The topological polar surface area (TPSA) is 90.0 Å². The highest BCUT2D eigenvalue weighted by Gasteiger charge is 2.38. The molecule has 1 aliphatic rings. The molecule has 0 radical (unpaired) electrons. The van der Waals surface area contributed by atoms with E-state index in [1.807, 2.05) is 0 Å². The van der Waals surface area contributed by atoms with Crippen molar-refractivity contribution in [3.8, 4) is 11.5 Å². The third-order valence-corrected chi connectivity index (χ3v) is 8.42. The van der Waals surface area contributed by atoms with E-state index in [4.69, 9.17) is 9.47 Å². The van der Waals surface area contributed by atoms with Gasteiger partial charge in [0.2, 0.25) is 10.0 Å². The van der Waals surface area contributed by atoms with Gasteiger partial charge in [0.1, 0.15) is 11.5 Å². The predicted octanol–water partition coefficient (Wildman–Crippen LogP) is 2.08. The van der Waals surface area contributed by atoms with Crippen molar-refractivity contribution in [2.75, 3.05) is 25.7 Å². The molecular weight excluding hydrogens is 402 g/mol. The van der Waals surface area contributed by atoms with Gasteiger partial charge in [-0.05, 0) is 48.4 Å². The van der Waals surface area contributed by atoms with Crippen LogP contribution in [0.5, 0.6) is 11.5 Å². The number of rotatable bonds is 7. The Morgan fingerprint density at radius 3 is 2.29 bits per heavy atom. The second kappa shape index (κ2) is 8.10. The average molecular weight is 426 g/mol. The summed E-state index contributed by atoms with van der Waals surface area (Å²) in [7, 11) is -4.12. The van der Waals surface area contributed by atoms with E-state index in [0.29, 0.717) is 11.5 Å². The minimum Gasteiger partial charge on any atom is -0.497 e. The lowest BCUT2D eigenvalue weighted by Gasteiger charge is -2.27. The summed E-state index contributed by atoms with van der Waals surface area (Å²) >= 11 is 0. The largest absolute Gasteiger partial charge is 0.497 e. The van der Waals surface area contributed by atoms with Gasteiger partial charge in [0.15, 0.2) is 9.84 Å². The monoisotopic (exact) mass is 425 g/mol. The van der Waals surface area contributed by atoms with Gasteiger partial charge >= 0.3 is 0 Å². The Hall–Kier alpha value is -2.10. The molecule has 1 atom stereocenters. The van der Waals surface area contributed by atoms with Gasteiger partial charge in [-0.1, -0.05) is 12.1 Å². The highest BCUT2D eigenvalue weighted by Crippen LogP contribution is 2.28. The first-order chi connectivity index (χ1) is 13.2. The van der Waals surface area contributed by atoms with E-state index in [9.17, 15) is 16.8 Å². The lowest BCUT2D eigenvalue weighted by molar-refractivity contribution is 0.333. The molecule has 0 unspecified atom stereocenters. The number of sulfonamides is 1. The van der Waals surface area contributed by atoms with Crippen molar-refractivity contribution in [3.63, 3.8) is 0 Å². The first kappa shape index (κ1) is 20.6. The van der Waals surface area contributed by atoms with Gasteiger partial charge in [0.05, 0.1) is 30.6 Å². The minimum atomic E-state index is -3.90. The first-order valence-corrected chi connectivity index (χ1v) is 12.0. The number of ether oxygens (including phenoxy) is 2. The van der Waals surface area contributed by atoms with E-state index in [1.165, 1.54) is 30.7 Å². The predicted molar refractivity (Wildman–Crippen MR) is 106 cm³/mol. The second-order valence-corrected chi connectivity index (χ2v) is 10.8. The van der Waals surface area contributed by atoms with Crippen molar-refractivity contribution >= 4 is 19.9 Å². The molecule has 28 heavy (non-hydrogen) atoms. The molecule has 1 aliphatic heterocycles. The number of hydrogen-bond donors (Lipinski definition) is 0. The molecule has 3 rings (SSSR count). The third kappa shape index (κ3) is 4.48. The zero-order chi connectivity index (χ0) is 20.4. The summed E-state index contributed by atoms with van der Waals surface area (Å²) in [6, 6.07) is 12.6. The zero-order valence-electron chi connectivity index (χ0n) is 15.7. The molecule has 2 aromatic carbocycles. The third-order valence-electron chi connectivity index (χ3n) is 4.75. The second-order valence-electron chi connectivity index (χ2n) is 6.63. The summed E-state index contributed by atoms with van der Waals surface area (Å²) in [4.78, 5) is 0.0977. The van der Waals surface area contributed by atoms with Crippen LogP contribution in [-0.2, 0) is 26.4 Å². The SMILES string of the molecule is COc1ccc(S(=O)(=O)N(Cc2cccc(OC)c2)[C@H]2CCS(=O)(=O)C2)cc1. The Bertz CT molecular complexity index is 1030. The Balaban J connectivity index is 1.99. The maximum atomic E-state index is 13.3. The minimum absolute atomic E-state index is 0.00951. The Morgan fingerprint density at radius 1 is 1.04 bits per heavy atom. The highest BCUT2D eigenvalue weighted by molar-refractivity contribution is 7.92. The standard InChI is InChI=1S/C19H23NO6S2/c1-25-17-6-8-19(9-7-17)28(23,24)20(16-10-11-27(21,22)14-16)13-15-4-3-5-18(12-15)26-2/h3-9,12,16H,10-11,13-14H2,1-2H3/t16-/m0/s1. The quantitative estimate of drug-likeness (QED) is 0.675. The van der Waals surface area contributed by atoms with Gasteiger partial charge in [-0.2, -0.15) is 4.31 Å².